The Morgan fingerprint density at radius 3 is 3.05 bits per heavy atom. The van der Waals surface area contributed by atoms with E-state index >= 15 is 0 Å². The van der Waals surface area contributed by atoms with Gasteiger partial charge in [0.05, 0.1) is 6.54 Å². The fourth-order valence-electron chi connectivity index (χ4n) is 2.78. The van der Waals surface area contributed by atoms with Crippen LogP contribution in [0.2, 0.25) is 0 Å². The van der Waals surface area contributed by atoms with Crippen LogP contribution in [0.15, 0.2) is 28.8 Å². The number of nitrogens with zero attached hydrogens (tertiary/aromatic N) is 2. The third-order valence-corrected chi connectivity index (χ3v) is 3.92. The van der Waals surface area contributed by atoms with Gasteiger partial charge in [0.15, 0.2) is 5.82 Å². The minimum absolute atomic E-state index is 0.0141. The van der Waals surface area contributed by atoms with E-state index in [9.17, 15) is 4.79 Å². The molecule has 116 valence electrons. The molecule has 0 fully saturated rings. The Morgan fingerprint density at radius 2 is 2.23 bits per heavy atom. The maximum absolute atomic E-state index is 12.3. The first-order valence-corrected chi connectivity index (χ1v) is 7.41. The van der Waals surface area contributed by atoms with Crippen molar-refractivity contribution in [2.75, 3.05) is 7.11 Å². The van der Waals surface area contributed by atoms with Crippen molar-refractivity contribution in [3.63, 3.8) is 0 Å². The summed E-state index contributed by atoms with van der Waals surface area (Å²) in [6.07, 6.45) is 2.63. The molecule has 0 saturated carbocycles. The summed E-state index contributed by atoms with van der Waals surface area (Å²) >= 11 is 0. The second kappa shape index (κ2) is 6.70. The zero-order chi connectivity index (χ0) is 15.4. The lowest BCUT2D eigenvalue weighted by molar-refractivity contribution is -0.125. The molecule has 0 bridgehead atoms. The molecule has 0 unspecified atom stereocenters. The SMILES string of the molecule is COCc1nc(CNC(=O)[C@@H]2CCc3ccccc3C2)no1. The zero-order valence-electron chi connectivity index (χ0n) is 12.5. The number of rotatable bonds is 5. The first-order chi connectivity index (χ1) is 10.8. The summed E-state index contributed by atoms with van der Waals surface area (Å²) in [6.45, 7) is 0.560. The minimum Gasteiger partial charge on any atom is -0.375 e. The van der Waals surface area contributed by atoms with Gasteiger partial charge in [-0.05, 0) is 30.4 Å². The lowest BCUT2D eigenvalue weighted by atomic mass is 9.83. The Morgan fingerprint density at radius 1 is 1.41 bits per heavy atom. The molecule has 1 amide bonds. The Balaban J connectivity index is 1.54. The highest BCUT2D eigenvalue weighted by atomic mass is 16.5. The largest absolute Gasteiger partial charge is 0.375 e. The van der Waals surface area contributed by atoms with Gasteiger partial charge in [0.2, 0.25) is 5.91 Å². The first kappa shape index (κ1) is 14.7. The Kier molecular flexibility index (Phi) is 4.48. The highest BCUT2D eigenvalue weighted by Gasteiger charge is 2.24. The van der Waals surface area contributed by atoms with Crippen molar-refractivity contribution in [3.05, 3.63) is 47.1 Å². The zero-order valence-corrected chi connectivity index (χ0v) is 12.5. The van der Waals surface area contributed by atoms with Gasteiger partial charge in [-0.1, -0.05) is 29.4 Å². The normalized spacial score (nSPS) is 17.0. The van der Waals surface area contributed by atoms with Gasteiger partial charge in [-0.3, -0.25) is 4.79 Å². The molecule has 0 aliphatic heterocycles. The predicted molar refractivity (Wildman–Crippen MR) is 78.8 cm³/mol. The fourth-order valence-corrected chi connectivity index (χ4v) is 2.78. The second-order valence-electron chi connectivity index (χ2n) is 5.46. The summed E-state index contributed by atoms with van der Waals surface area (Å²) in [5.74, 6) is 0.947. The average molecular weight is 301 g/mol. The summed E-state index contributed by atoms with van der Waals surface area (Å²) in [6, 6.07) is 8.31. The fraction of sp³-hybridized carbons (Fsp3) is 0.438. The van der Waals surface area contributed by atoms with E-state index in [4.69, 9.17) is 9.26 Å². The van der Waals surface area contributed by atoms with Crippen LogP contribution in [-0.2, 0) is 35.5 Å². The number of aromatic nitrogens is 2. The average Bonchev–Trinajstić information content (AvgIpc) is 3.00. The topological polar surface area (TPSA) is 77.2 Å². The molecule has 3 rings (SSSR count). The van der Waals surface area contributed by atoms with Crippen molar-refractivity contribution in [2.24, 2.45) is 5.92 Å². The minimum atomic E-state index is 0.0141. The standard InChI is InChI=1S/C16H19N3O3/c1-21-10-15-18-14(19-22-15)9-17-16(20)13-7-6-11-4-2-3-5-12(11)8-13/h2-5,13H,6-10H2,1H3,(H,17,20)/t13-/m1/s1. The summed E-state index contributed by atoms with van der Waals surface area (Å²) in [7, 11) is 1.56. The quantitative estimate of drug-likeness (QED) is 0.908. The van der Waals surface area contributed by atoms with Crippen LogP contribution in [0, 0.1) is 5.92 Å². The van der Waals surface area contributed by atoms with Crippen molar-refractivity contribution in [3.8, 4) is 0 Å². The van der Waals surface area contributed by atoms with Gasteiger partial charge in [-0.15, -0.1) is 0 Å². The third kappa shape index (κ3) is 3.33. The number of carbonyl (C=O) groups excluding carboxylic acids is 1. The number of hydrogen-bond acceptors (Lipinski definition) is 5. The van der Waals surface area contributed by atoms with Gasteiger partial charge in [0.1, 0.15) is 6.61 Å². The molecule has 1 aromatic heterocycles. The number of ether oxygens (including phenoxy) is 1. The maximum Gasteiger partial charge on any atom is 0.252 e. The number of fused-ring (bicyclic) bond motifs is 1. The number of carbonyl (C=O) groups is 1. The van der Waals surface area contributed by atoms with Crippen LogP contribution in [0.4, 0.5) is 0 Å². The molecule has 0 spiro atoms. The Labute approximate surface area is 128 Å². The number of amides is 1. The molecule has 6 heteroatoms. The van der Waals surface area contributed by atoms with E-state index in [0.29, 0.717) is 11.7 Å². The van der Waals surface area contributed by atoms with E-state index in [0.717, 1.165) is 19.3 Å². The molecular formula is C16H19N3O3. The number of hydrogen-bond donors (Lipinski definition) is 1. The lowest BCUT2D eigenvalue weighted by Gasteiger charge is -2.23. The number of nitrogens with one attached hydrogen (secondary N) is 1. The highest BCUT2D eigenvalue weighted by molar-refractivity contribution is 5.79. The highest BCUT2D eigenvalue weighted by Crippen LogP contribution is 2.25. The van der Waals surface area contributed by atoms with Crippen LogP contribution in [0.5, 0.6) is 0 Å². The van der Waals surface area contributed by atoms with Crippen LogP contribution in [0.1, 0.15) is 29.3 Å². The summed E-state index contributed by atoms with van der Waals surface area (Å²) in [4.78, 5) is 16.4. The molecule has 1 aliphatic carbocycles. The molecule has 2 aromatic rings. The molecule has 1 N–H and O–H groups in total. The lowest BCUT2D eigenvalue weighted by Crippen LogP contribution is -2.34. The van der Waals surface area contributed by atoms with E-state index in [2.05, 4.69) is 27.6 Å². The molecular weight excluding hydrogens is 282 g/mol. The van der Waals surface area contributed by atoms with Crippen LogP contribution < -0.4 is 5.32 Å². The van der Waals surface area contributed by atoms with Crippen LogP contribution in [0.25, 0.3) is 0 Å². The summed E-state index contributed by atoms with van der Waals surface area (Å²) in [5.41, 5.74) is 2.63. The molecule has 1 heterocycles. The number of aryl methyl sites for hydroxylation is 1. The van der Waals surface area contributed by atoms with Crippen molar-refractivity contribution in [1.29, 1.82) is 0 Å². The smallest absolute Gasteiger partial charge is 0.252 e. The Hall–Kier alpha value is -2.21. The molecule has 1 atom stereocenters. The predicted octanol–water partition coefficient (Wildman–Crippen LogP) is 1.64. The Bertz CT molecular complexity index is 654. The molecule has 6 nitrogen and oxygen atoms in total. The van der Waals surface area contributed by atoms with Gasteiger partial charge in [-0.25, -0.2) is 0 Å². The summed E-state index contributed by atoms with van der Waals surface area (Å²) in [5, 5.41) is 6.70. The molecule has 0 radical (unpaired) electrons. The number of methoxy groups -OCH3 is 1. The number of benzene rings is 1. The van der Waals surface area contributed by atoms with Gasteiger partial charge >= 0.3 is 0 Å². The third-order valence-electron chi connectivity index (χ3n) is 3.92. The van der Waals surface area contributed by atoms with Crippen LogP contribution in [0.3, 0.4) is 0 Å². The van der Waals surface area contributed by atoms with Crippen LogP contribution in [-0.4, -0.2) is 23.2 Å². The molecule has 22 heavy (non-hydrogen) atoms. The van der Waals surface area contributed by atoms with Crippen molar-refractivity contribution in [1.82, 2.24) is 15.5 Å². The van der Waals surface area contributed by atoms with Gasteiger partial charge < -0.3 is 14.6 Å². The first-order valence-electron chi connectivity index (χ1n) is 7.41. The van der Waals surface area contributed by atoms with Gasteiger partial charge in [0.25, 0.3) is 5.89 Å². The van der Waals surface area contributed by atoms with E-state index in [1.165, 1.54) is 11.1 Å². The van der Waals surface area contributed by atoms with Gasteiger partial charge in [-0.2, -0.15) is 4.98 Å². The maximum atomic E-state index is 12.3. The van der Waals surface area contributed by atoms with Crippen molar-refractivity contribution >= 4 is 5.91 Å². The van der Waals surface area contributed by atoms with Crippen molar-refractivity contribution in [2.45, 2.75) is 32.4 Å². The van der Waals surface area contributed by atoms with E-state index < -0.39 is 0 Å². The summed E-state index contributed by atoms with van der Waals surface area (Å²) < 4.78 is 9.90. The molecule has 1 aromatic carbocycles. The monoisotopic (exact) mass is 301 g/mol. The van der Waals surface area contributed by atoms with Crippen LogP contribution >= 0.6 is 0 Å². The van der Waals surface area contributed by atoms with E-state index in [1.54, 1.807) is 7.11 Å². The second-order valence-corrected chi connectivity index (χ2v) is 5.46. The molecule has 0 saturated heterocycles. The van der Waals surface area contributed by atoms with E-state index in [-0.39, 0.29) is 25.0 Å². The van der Waals surface area contributed by atoms with Crippen molar-refractivity contribution < 1.29 is 14.1 Å². The molecule has 1 aliphatic rings. The van der Waals surface area contributed by atoms with Gasteiger partial charge in [0, 0.05) is 13.0 Å². The van der Waals surface area contributed by atoms with E-state index in [1.807, 2.05) is 12.1 Å².